The zero-order valence-electron chi connectivity index (χ0n) is 33.2. The standard InChI is InChI=1S/C59H37NS/c1-2-13-42-36-43(29-28-38(42)12-1)41-26-24-39(25-27-41)40-30-32-44(33-31-40)60(55-21-11-23-57-58(55)49-17-6-10-22-56(49)61-57)45-34-35-54-50(37-45)48-16-5-9-20-53(48)59(54)51-18-7-3-14-46(51)47-15-4-8-19-52(47)59/h1-37H. The Morgan fingerprint density at radius 3 is 1.54 bits per heavy atom. The molecule has 0 radical (unpaired) electrons. The van der Waals surface area contributed by atoms with Crippen LogP contribution in [-0.4, -0.2) is 0 Å². The van der Waals surface area contributed by atoms with Gasteiger partial charge in [-0.15, -0.1) is 11.3 Å². The summed E-state index contributed by atoms with van der Waals surface area (Å²) in [6.45, 7) is 0. The van der Waals surface area contributed by atoms with Crippen LogP contribution in [0.4, 0.5) is 17.1 Å². The Morgan fingerprint density at radius 2 is 0.836 bits per heavy atom. The molecule has 1 aromatic heterocycles. The van der Waals surface area contributed by atoms with E-state index in [1.807, 2.05) is 11.3 Å². The summed E-state index contributed by atoms with van der Waals surface area (Å²) in [7, 11) is 0. The second kappa shape index (κ2) is 13.2. The van der Waals surface area contributed by atoms with E-state index in [0.29, 0.717) is 0 Å². The second-order valence-corrected chi connectivity index (χ2v) is 17.5. The van der Waals surface area contributed by atoms with Crippen LogP contribution in [0.25, 0.3) is 75.5 Å². The van der Waals surface area contributed by atoms with Crippen molar-refractivity contribution in [1.82, 2.24) is 0 Å². The van der Waals surface area contributed by atoms with Gasteiger partial charge in [0.1, 0.15) is 0 Å². The van der Waals surface area contributed by atoms with Crippen molar-refractivity contribution in [3.8, 4) is 44.5 Å². The molecule has 2 heteroatoms. The first-order valence-corrected chi connectivity index (χ1v) is 21.9. The molecule has 0 fully saturated rings. The Kier molecular flexibility index (Phi) is 7.46. The van der Waals surface area contributed by atoms with Gasteiger partial charge in [0.25, 0.3) is 0 Å². The van der Waals surface area contributed by atoms with Crippen molar-refractivity contribution in [3.05, 3.63) is 247 Å². The van der Waals surface area contributed by atoms with E-state index >= 15 is 0 Å². The number of fused-ring (bicyclic) bond motifs is 14. The van der Waals surface area contributed by atoms with Crippen molar-refractivity contribution in [2.45, 2.75) is 5.41 Å². The molecule has 284 valence electrons. The molecule has 1 nitrogen and oxygen atoms in total. The first kappa shape index (κ1) is 34.4. The van der Waals surface area contributed by atoms with Gasteiger partial charge in [-0.1, -0.05) is 176 Å². The molecule has 0 N–H and O–H groups in total. The highest BCUT2D eigenvalue weighted by Gasteiger charge is 2.51. The highest BCUT2D eigenvalue weighted by Crippen LogP contribution is 2.63. The van der Waals surface area contributed by atoms with E-state index in [2.05, 4.69) is 229 Å². The molecule has 13 rings (SSSR count). The van der Waals surface area contributed by atoms with Crippen LogP contribution in [0.1, 0.15) is 22.3 Å². The van der Waals surface area contributed by atoms with E-state index in [9.17, 15) is 0 Å². The normalized spacial score (nSPS) is 13.0. The van der Waals surface area contributed by atoms with Crippen LogP contribution in [0.15, 0.2) is 224 Å². The summed E-state index contributed by atoms with van der Waals surface area (Å²) < 4.78 is 2.59. The van der Waals surface area contributed by atoms with Gasteiger partial charge >= 0.3 is 0 Å². The fourth-order valence-electron chi connectivity index (χ4n) is 10.6. The van der Waals surface area contributed by atoms with E-state index in [1.165, 1.54) is 103 Å². The number of benzene rings is 10. The predicted octanol–water partition coefficient (Wildman–Crippen LogP) is 16.4. The molecule has 2 aliphatic carbocycles. The first-order valence-electron chi connectivity index (χ1n) is 21.1. The molecule has 61 heavy (non-hydrogen) atoms. The van der Waals surface area contributed by atoms with Gasteiger partial charge in [0.15, 0.2) is 0 Å². The van der Waals surface area contributed by atoms with Crippen LogP contribution in [0, 0.1) is 0 Å². The summed E-state index contributed by atoms with van der Waals surface area (Å²) in [5, 5.41) is 5.10. The third-order valence-electron chi connectivity index (χ3n) is 13.3. The minimum absolute atomic E-state index is 0.377. The molecule has 0 amide bonds. The average Bonchev–Trinajstić information content (AvgIpc) is 3.96. The SMILES string of the molecule is c1ccc2c(c1)-c1ccccc1C21c2ccccc2-c2cc(N(c3ccc(-c4ccc(-c5ccc6ccccc6c5)cc4)cc3)c3cccc4sc5ccccc5c34)ccc21. The van der Waals surface area contributed by atoms with Crippen LogP contribution in [0.2, 0.25) is 0 Å². The molecule has 11 aromatic rings. The quantitative estimate of drug-likeness (QED) is 0.168. The van der Waals surface area contributed by atoms with Crippen LogP contribution >= 0.6 is 11.3 Å². The van der Waals surface area contributed by atoms with Crippen molar-refractivity contribution in [2.24, 2.45) is 0 Å². The maximum atomic E-state index is 2.48. The molecule has 0 unspecified atom stereocenters. The minimum atomic E-state index is -0.377. The monoisotopic (exact) mass is 791 g/mol. The van der Waals surface area contributed by atoms with Crippen LogP contribution < -0.4 is 4.90 Å². The number of nitrogens with zero attached hydrogens (tertiary/aromatic N) is 1. The summed E-state index contributed by atoms with van der Waals surface area (Å²) in [4.78, 5) is 2.48. The molecule has 10 aromatic carbocycles. The third-order valence-corrected chi connectivity index (χ3v) is 14.4. The van der Waals surface area contributed by atoms with Gasteiger partial charge < -0.3 is 4.90 Å². The van der Waals surface area contributed by atoms with Crippen molar-refractivity contribution in [2.75, 3.05) is 4.90 Å². The Balaban J connectivity index is 0.966. The maximum Gasteiger partial charge on any atom is 0.0725 e. The summed E-state index contributed by atoms with van der Waals surface area (Å²) in [5.41, 5.74) is 18.6. The molecule has 0 saturated carbocycles. The Morgan fingerprint density at radius 1 is 0.328 bits per heavy atom. The lowest BCUT2D eigenvalue weighted by molar-refractivity contribution is 0.794. The first-order chi connectivity index (χ1) is 30.2. The lowest BCUT2D eigenvalue weighted by Crippen LogP contribution is -2.25. The zero-order valence-corrected chi connectivity index (χ0v) is 34.0. The molecule has 0 aliphatic heterocycles. The van der Waals surface area contributed by atoms with Crippen molar-refractivity contribution < 1.29 is 0 Å². The van der Waals surface area contributed by atoms with Gasteiger partial charge in [-0.2, -0.15) is 0 Å². The number of hydrogen-bond acceptors (Lipinski definition) is 2. The molecular formula is C59H37NS. The molecule has 2 aliphatic rings. The van der Waals surface area contributed by atoms with E-state index in [4.69, 9.17) is 0 Å². The lowest BCUT2D eigenvalue weighted by Gasteiger charge is -2.31. The minimum Gasteiger partial charge on any atom is -0.310 e. The van der Waals surface area contributed by atoms with Gasteiger partial charge in [-0.25, -0.2) is 0 Å². The van der Waals surface area contributed by atoms with Crippen molar-refractivity contribution >= 4 is 59.3 Å². The van der Waals surface area contributed by atoms with Crippen molar-refractivity contribution in [3.63, 3.8) is 0 Å². The van der Waals surface area contributed by atoms with Gasteiger partial charge in [0.05, 0.1) is 11.1 Å². The largest absolute Gasteiger partial charge is 0.310 e. The third kappa shape index (κ3) is 5.00. The predicted molar refractivity (Wildman–Crippen MR) is 259 cm³/mol. The number of hydrogen-bond donors (Lipinski definition) is 0. The maximum absolute atomic E-state index is 2.48. The highest BCUT2D eigenvalue weighted by atomic mass is 32.1. The molecule has 0 saturated heterocycles. The van der Waals surface area contributed by atoms with E-state index in [1.54, 1.807) is 0 Å². The summed E-state index contributed by atoms with van der Waals surface area (Å²) in [6, 6.07) is 83.5. The Labute approximate surface area is 359 Å². The molecule has 0 bridgehead atoms. The van der Waals surface area contributed by atoms with E-state index in [0.717, 1.165) is 11.4 Å². The van der Waals surface area contributed by atoms with Gasteiger partial charge in [-0.05, 0) is 126 Å². The van der Waals surface area contributed by atoms with Gasteiger partial charge in [0, 0.05) is 31.5 Å². The number of rotatable bonds is 5. The smallest absolute Gasteiger partial charge is 0.0725 e. The molecular weight excluding hydrogens is 755 g/mol. The zero-order chi connectivity index (χ0) is 40.1. The Bertz CT molecular complexity index is 3490. The fraction of sp³-hybridized carbons (Fsp3) is 0.0169. The van der Waals surface area contributed by atoms with Gasteiger partial charge in [0.2, 0.25) is 0 Å². The van der Waals surface area contributed by atoms with Crippen LogP contribution in [0.5, 0.6) is 0 Å². The van der Waals surface area contributed by atoms with Crippen LogP contribution in [0.3, 0.4) is 0 Å². The fourth-order valence-corrected chi connectivity index (χ4v) is 11.7. The van der Waals surface area contributed by atoms with Crippen LogP contribution in [-0.2, 0) is 5.41 Å². The molecule has 1 spiro atoms. The average molecular weight is 792 g/mol. The summed E-state index contributed by atoms with van der Waals surface area (Å²) in [5.74, 6) is 0. The molecule has 0 atom stereocenters. The highest BCUT2D eigenvalue weighted by molar-refractivity contribution is 7.26. The molecule has 1 heterocycles. The van der Waals surface area contributed by atoms with Gasteiger partial charge in [-0.3, -0.25) is 0 Å². The summed E-state index contributed by atoms with van der Waals surface area (Å²) in [6.07, 6.45) is 0. The van der Waals surface area contributed by atoms with E-state index in [-0.39, 0.29) is 5.41 Å². The summed E-state index contributed by atoms with van der Waals surface area (Å²) >= 11 is 1.87. The second-order valence-electron chi connectivity index (χ2n) is 16.4. The topological polar surface area (TPSA) is 3.24 Å². The Hall–Kier alpha value is -7.52. The number of thiophene rings is 1. The lowest BCUT2D eigenvalue weighted by atomic mass is 9.70. The number of anilines is 3. The van der Waals surface area contributed by atoms with E-state index < -0.39 is 0 Å². The van der Waals surface area contributed by atoms with Crippen molar-refractivity contribution in [1.29, 1.82) is 0 Å².